The fourth-order valence-corrected chi connectivity index (χ4v) is 4.24. The zero-order valence-electron chi connectivity index (χ0n) is 16.9. The standard InChI is InChI=1S/C18H23N5O.C2HF3O2/c1-21-15(13-23-9-4-8-20-23)11-14-12-22(10-6-17(14)21)18(24)16-5-2-3-7-19-16;3-2(4,5)1(6)7/h2-5,7-9,14-15,17H,6,10-13H2,1H3;(H,6,7)/t14-,15+,17+;/m1./s1. The summed E-state index contributed by atoms with van der Waals surface area (Å²) in [6.07, 6.45) is 2.60. The summed E-state index contributed by atoms with van der Waals surface area (Å²) in [4.78, 5) is 30.2. The highest BCUT2D eigenvalue weighted by Crippen LogP contribution is 2.35. The summed E-state index contributed by atoms with van der Waals surface area (Å²) < 4.78 is 33.7. The van der Waals surface area contributed by atoms with E-state index in [4.69, 9.17) is 9.90 Å². The molecule has 11 heteroatoms. The molecule has 2 aliphatic rings. The number of aliphatic carboxylic acids is 1. The number of likely N-dealkylation sites (tertiary alicyclic amines) is 2. The van der Waals surface area contributed by atoms with E-state index in [1.807, 2.05) is 40.2 Å². The molecule has 2 aliphatic heterocycles. The maximum Gasteiger partial charge on any atom is 0.490 e. The van der Waals surface area contributed by atoms with Gasteiger partial charge in [-0.05, 0) is 44.0 Å². The van der Waals surface area contributed by atoms with Gasteiger partial charge in [0.05, 0.1) is 6.54 Å². The van der Waals surface area contributed by atoms with Gasteiger partial charge in [0.25, 0.3) is 5.91 Å². The summed E-state index contributed by atoms with van der Waals surface area (Å²) in [6.45, 7) is 2.57. The molecule has 2 saturated heterocycles. The molecule has 0 saturated carbocycles. The molecule has 1 amide bonds. The maximum absolute atomic E-state index is 12.6. The highest BCUT2D eigenvalue weighted by Gasteiger charge is 2.43. The van der Waals surface area contributed by atoms with Crippen molar-refractivity contribution in [2.24, 2.45) is 5.92 Å². The molecule has 0 aromatic carbocycles. The van der Waals surface area contributed by atoms with Crippen LogP contribution in [-0.4, -0.2) is 79.9 Å². The minimum absolute atomic E-state index is 0.0622. The van der Waals surface area contributed by atoms with E-state index in [0.717, 1.165) is 32.5 Å². The predicted octanol–water partition coefficient (Wildman–Crippen LogP) is 2.15. The van der Waals surface area contributed by atoms with Gasteiger partial charge < -0.3 is 10.0 Å². The van der Waals surface area contributed by atoms with Gasteiger partial charge in [0.1, 0.15) is 5.69 Å². The average molecular weight is 439 g/mol. The fourth-order valence-electron chi connectivity index (χ4n) is 4.24. The predicted molar refractivity (Wildman–Crippen MR) is 104 cm³/mol. The van der Waals surface area contributed by atoms with Gasteiger partial charge in [-0.3, -0.25) is 19.4 Å². The van der Waals surface area contributed by atoms with Crippen LogP contribution < -0.4 is 0 Å². The summed E-state index contributed by atoms with van der Waals surface area (Å²) in [5.74, 6) is -2.16. The first-order valence-corrected chi connectivity index (χ1v) is 9.86. The molecule has 0 spiro atoms. The first-order chi connectivity index (χ1) is 14.7. The summed E-state index contributed by atoms with van der Waals surface area (Å²) in [6, 6.07) is 8.54. The molecular formula is C20H24F3N5O3. The zero-order chi connectivity index (χ0) is 22.6. The molecule has 2 aromatic heterocycles. The Morgan fingerprint density at radius 1 is 1.23 bits per heavy atom. The van der Waals surface area contributed by atoms with Crippen molar-refractivity contribution in [2.75, 3.05) is 20.1 Å². The number of amides is 1. The van der Waals surface area contributed by atoms with E-state index in [0.29, 0.717) is 23.7 Å². The van der Waals surface area contributed by atoms with Gasteiger partial charge in [0.15, 0.2) is 0 Å². The van der Waals surface area contributed by atoms with Gasteiger partial charge in [-0.25, -0.2) is 4.79 Å². The fraction of sp³-hybridized carbons (Fsp3) is 0.500. The maximum atomic E-state index is 12.6. The molecule has 0 unspecified atom stereocenters. The number of carbonyl (C=O) groups excluding carboxylic acids is 1. The lowest BCUT2D eigenvalue weighted by Crippen LogP contribution is -2.48. The summed E-state index contributed by atoms with van der Waals surface area (Å²) in [5, 5.41) is 11.5. The number of carboxylic acid groups (broad SMARTS) is 1. The lowest BCUT2D eigenvalue weighted by atomic mass is 9.92. The first-order valence-electron chi connectivity index (χ1n) is 9.86. The number of halogens is 3. The van der Waals surface area contributed by atoms with Crippen molar-refractivity contribution in [3.63, 3.8) is 0 Å². The second-order valence-electron chi connectivity index (χ2n) is 7.67. The monoisotopic (exact) mass is 439 g/mol. The number of hydrogen-bond donors (Lipinski definition) is 1. The second kappa shape index (κ2) is 9.46. The third-order valence-corrected chi connectivity index (χ3v) is 5.74. The molecule has 4 rings (SSSR count). The summed E-state index contributed by atoms with van der Waals surface area (Å²) in [5.41, 5.74) is 0.551. The van der Waals surface area contributed by atoms with Crippen LogP contribution in [-0.2, 0) is 11.3 Å². The Labute approximate surface area is 177 Å². The number of likely N-dealkylation sites (N-methyl/N-ethyl adjacent to an activating group) is 1. The molecule has 0 radical (unpaired) electrons. The van der Waals surface area contributed by atoms with Crippen molar-refractivity contribution in [3.05, 3.63) is 48.5 Å². The summed E-state index contributed by atoms with van der Waals surface area (Å²) in [7, 11) is 2.22. The van der Waals surface area contributed by atoms with Crippen molar-refractivity contribution in [1.82, 2.24) is 24.6 Å². The Balaban J connectivity index is 0.000000339. The van der Waals surface area contributed by atoms with Crippen LogP contribution in [0.2, 0.25) is 0 Å². The van der Waals surface area contributed by atoms with Crippen molar-refractivity contribution in [1.29, 1.82) is 0 Å². The molecule has 0 aliphatic carbocycles. The van der Waals surface area contributed by atoms with Crippen LogP contribution in [0.3, 0.4) is 0 Å². The minimum Gasteiger partial charge on any atom is -0.475 e. The van der Waals surface area contributed by atoms with Crippen molar-refractivity contribution < 1.29 is 27.9 Å². The molecule has 8 nitrogen and oxygen atoms in total. The SMILES string of the molecule is CN1[C@H](Cn2cccn2)C[C@@H]2CN(C(=O)c3ccccn3)CC[C@@H]21.O=C(O)C(F)(F)F. The minimum atomic E-state index is -5.08. The smallest absolute Gasteiger partial charge is 0.475 e. The molecule has 2 aromatic rings. The van der Waals surface area contributed by atoms with E-state index in [9.17, 15) is 18.0 Å². The van der Waals surface area contributed by atoms with Gasteiger partial charge in [-0.1, -0.05) is 6.07 Å². The number of fused-ring (bicyclic) bond motifs is 1. The van der Waals surface area contributed by atoms with E-state index in [2.05, 4.69) is 22.0 Å². The van der Waals surface area contributed by atoms with E-state index in [-0.39, 0.29) is 5.91 Å². The van der Waals surface area contributed by atoms with E-state index < -0.39 is 12.1 Å². The van der Waals surface area contributed by atoms with E-state index in [1.54, 1.807) is 12.3 Å². The second-order valence-corrected chi connectivity index (χ2v) is 7.67. The normalized spacial score (nSPS) is 23.6. The molecule has 3 atom stereocenters. The van der Waals surface area contributed by atoms with Gasteiger partial charge in [0.2, 0.25) is 0 Å². The number of pyridine rings is 1. The first kappa shape index (κ1) is 22.7. The Bertz CT molecular complexity index is 876. The summed E-state index contributed by atoms with van der Waals surface area (Å²) >= 11 is 0. The third-order valence-electron chi connectivity index (χ3n) is 5.74. The van der Waals surface area contributed by atoms with Crippen LogP contribution in [0.25, 0.3) is 0 Å². The number of carboxylic acids is 1. The highest BCUT2D eigenvalue weighted by molar-refractivity contribution is 5.92. The zero-order valence-corrected chi connectivity index (χ0v) is 16.9. The van der Waals surface area contributed by atoms with E-state index >= 15 is 0 Å². The van der Waals surface area contributed by atoms with Crippen LogP contribution in [0.5, 0.6) is 0 Å². The Hall–Kier alpha value is -2.95. The number of rotatable bonds is 3. The number of aromatic nitrogens is 3. The van der Waals surface area contributed by atoms with Crippen molar-refractivity contribution >= 4 is 11.9 Å². The van der Waals surface area contributed by atoms with Crippen LogP contribution >= 0.6 is 0 Å². The molecule has 31 heavy (non-hydrogen) atoms. The molecule has 1 N–H and O–H groups in total. The van der Waals surface area contributed by atoms with Crippen LogP contribution in [0, 0.1) is 5.92 Å². The van der Waals surface area contributed by atoms with Crippen molar-refractivity contribution in [2.45, 2.75) is 37.6 Å². The van der Waals surface area contributed by atoms with Gasteiger partial charge in [-0.2, -0.15) is 18.3 Å². The number of hydrogen-bond acceptors (Lipinski definition) is 5. The number of carbonyl (C=O) groups is 2. The number of nitrogens with zero attached hydrogens (tertiary/aromatic N) is 5. The lowest BCUT2D eigenvalue weighted by molar-refractivity contribution is -0.192. The third kappa shape index (κ3) is 5.60. The van der Waals surface area contributed by atoms with Crippen molar-refractivity contribution in [3.8, 4) is 0 Å². The largest absolute Gasteiger partial charge is 0.490 e. The van der Waals surface area contributed by atoms with Crippen LogP contribution in [0.1, 0.15) is 23.3 Å². The van der Waals surface area contributed by atoms with Gasteiger partial charge >= 0.3 is 12.1 Å². The number of alkyl halides is 3. The molecule has 0 bridgehead atoms. The quantitative estimate of drug-likeness (QED) is 0.788. The highest BCUT2D eigenvalue weighted by atomic mass is 19.4. The Morgan fingerprint density at radius 3 is 2.55 bits per heavy atom. The topological polar surface area (TPSA) is 91.6 Å². The Kier molecular flexibility index (Phi) is 6.94. The van der Waals surface area contributed by atoms with Crippen LogP contribution in [0.15, 0.2) is 42.9 Å². The van der Waals surface area contributed by atoms with Crippen LogP contribution in [0.4, 0.5) is 13.2 Å². The molecule has 2 fully saturated rings. The number of piperidine rings is 1. The molecule has 168 valence electrons. The van der Waals surface area contributed by atoms with E-state index in [1.165, 1.54) is 0 Å². The lowest BCUT2D eigenvalue weighted by Gasteiger charge is -2.37. The van der Waals surface area contributed by atoms with Gasteiger partial charge in [0, 0.05) is 43.8 Å². The Morgan fingerprint density at radius 2 is 1.97 bits per heavy atom. The average Bonchev–Trinajstić information content (AvgIpc) is 3.36. The van der Waals surface area contributed by atoms with Gasteiger partial charge in [-0.15, -0.1) is 0 Å². The molecular weight excluding hydrogens is 415 g/mol. The molecule has 4 heterocycles.